The Morgan fingerprint density at radius 1 is 1.35 bits per heavy atom. The van der Waals surface area contributed by atoms with Crippen molar-refractivity contribution < 1.29 is 9.21 Å². The smallest absolute Gasteiger partial charge is 0.203 e. The number of carbonyl (C=O) groups excluding carboxylic acids is 1. The number of fused-ring (bicyclic) bond motifs is 1. The highest BCUT2D eigenvalue weighted by molar-refractivity contribution is 6.19. The molecule has 1 aromatic heterocycles. The number of carbonyl (C=O) groups is 1. The summed E-state index contributed by atoms with van der Waals surface area (Å²) in [4.78, 5) is 22.5. The van der Waals surface area contributed by atoms with E-state index in [9.17, 15) is 9.59 Å². The van der Waals surface area contributed by atoms with E-state index in [0.29, 0.717) is 23.1 Å². The fraction of sp³-hybridized carbons (Fsp3) is 0.0769. The van der Waals surface area contributed by atoms with E-state index < -0.39 is 0 Å². The second-order valence-electron chi connectivity index (χ2n) is 3.45. The first-order valence-electron chi connectivity index (χ1n) is 4.99. The van der Waals surface area contributed by atoms with Crippen molar-refractivity contribution in [2.75, 3.05) is 5.88 Å². The average Bonchev–Trinajstić information content (AvgIpc) is 2.37. The first-order valence-corrected chi connectivity index (χ1v) is 5.53. The first-order chi connectivity index (χ1) is 8.26. The normalized spacial score (nSPS) is 11.1. The predicted octanol–water partition coefficient (Wildman–Crippen LogP) is 2.86. The van der Waals surface area contributed by atoms with Gasteiger partial charge in [0, 0.05) is 5.88 Å². The molecule has 0 bridgehead atoms. The molecule has 1 heterocycles. The molecule has 0 atom stereocenters. The zero-order chi connectivity index (χ0) is 12.3. The second kappa shape index (κ2) is 4.97. The van der Waals surface area contributed by atoms with Crippen LogP contribution in [0.4, 0.5) is 0 Å². The molecule has 0 spiro atoms. The molecule has 0 aliphatic rings. The van der Waals surface area contributed by atoms with Crippen LogP contribution in [0.5, 0.6) is 0 Å². The lowest BCUT2D eigenvalue weighted by Gasteiger charge is -1.99. The standard InChI is InChI=1S/C13H9ClO3/c14-5-1-2-9-3-4-12-11(6-9)13(16)10(7-15)8-17-12/h1-4,6-8H,5H2. The minimum Gasteiger partial charge on any atom is -0.463 e. The van der Waals surface area contributed by atoms with Gasteiger partial charge in [0.25, 0.3) is 0 Å². The van der Waals surface area contributed by atoms with Gasteiger partial charge >= 0.3 is 0 Å². The molecule has 2 rings (SSSR count). The largest absolute Gasteiger partial charge is 0.463 e. The Morgan fingerprint density at radius 3 is 2.88 bits per heavy atom. The zero-order valence-electron chi connectivity index (χ0n) is 8.85. The highest BCUT2D eigenvalue weighted by atomic mass is 35.5. The van der Waals surface area contributed by atoms with Crippen molar-refractivity contribution in [2.45, 2.75) is 0 Å². The molecule has 0 aliphatic heterocycles. The number of hydrogen-bond donors (Lipinski definition) is 0. The minimum atomic E-state index is -0.317. The van der Waals surface area contributed by atoms with Crippen LogP contribution in [0.1, 0.15) is 15.9 Å². The zero-order valence-corrected chi connectivity index (χ0v) is 9.61. The summed E-state index contributed by atoms with van der Waals surface area (Å²) in [6.07, 6.45) is 5.24. The van der Waals surface area contributed by atoms with Gasteiger partial charge in [0.2, 0.25) is 5.43 Å². The van der Waals surface area contributed by atoms with Gasteiger partial charge in [0.15, 0.2) is 6.29 Å². The van der Waals surface area contributed by atoms with Crippen LogP contribution in [-0.2, 0) is 0 Å². The van der Waals surface area contributed by atoms with Gasteiger partial charge in [0.1, 0.15) is 11.8 Å². The molecule has 0 fully saturated rings. The molecular weight excluding hydrogens is 240 g/mol. The molecule has 0 amide bonds. The lowest BCUT2D eigenvalue weighted by Crippen LogP contribution is -2.07. The SMILES string of the molecule is O=Cc1coc2ccc(C=CCCl)cc2c1=O. The predicted molar refractivity (Wildman–Crippen MR) is 67.6 cm³/mol. The lowest BCUT2D eigenvalue weighted by atomic mass is 10.1. The van der Waals surface area contributed by atoms with Crippen LogP contribution < -0.4 is 5.43 Å². The Morgan fingerprint density at radius 2 is 2.18 bits per heavy atom. The van der Waals surface area contributed by atoms with Crippen LogP contribution in [0.2, 0.25) is 0 Å². The topological polar surface area (TPSA) is 47.3 Å². The molecule has 3 nitrogen and oxygen atoms in total. The van der Waals surface area contributed by atoms with Crippen molar-refractivity contribution in [3.8, 4) is 0 Å². The summed E-state index contributed by atoms with van der Waals surface area (Å²) < 4.78 is 5.19. The summed E-state index contributed by atoms with van der Waals surface area (Å²) in [6.45, 7) is 0. The lowest BCUT2D eigenvalue weighted by molar-refractivity contribution is 0.112. The fourth-order valence-corrected chi connectivity index (χ4v) is 1.62. The summed E-state index contributed by atoms with van der Waals surface area (Å²) in [5, 5.41) is 0.395. The molecule has 0 saturated heterocycles. The molecule has 0 aliphatic carbocycles. The molecule has 0 radical (unpaired) electrons. The van der Waals surface area contributed by atoms with Crippen LogP contribution in [0.25, 0.3) is 17.0 Å². The molecule has 17 heavy (non-hydrogen) atoms. The first kappa shape index (κ1) is 11.6. The third kappa shape index (κ3) is 2.29. The Hall–Kier alpha value is -1.87. The number of allylic oxidation sites excluding steroid dienone is 1. The summed E-state index contributed by atoms with van der Waals surface area (Å²) >= 11 is 5.54. The van der Waals surface area contributed by atoms with E-state index in [4.69, 9.17) is 16.0 Å². The number of rotatable bonds is 3. The van der Waals surface area contributed by atoms with E-state index in [1.165, 1.54) is 6.26 Å². The van der Waals surface area contributed by atoms with Gasteiger partial charge in [-0.25, -0.2) is 0 Å². The third-order valence-corrected chi connectivity index (χ3v) is 2.53. The van der Waals surface area contributed by atoms with E-state index in [1.54, 1.807) is 24.3 Å². The Bertz CT molecular complexity index is 641. The quantitative estimate of drug-likeness (QED) is 0.620. The van der Waals surface area contributed by atoms with E-state index in [0.717, 1.165) is 5.56 Å². The van der Waals surface area contributed by atoms with Gasteiger partial charge in [-0.1, -0.05) is 18.2 Å². The molecule has 86 valence electrons. The molecule has 4 heteroatoms. The summed E-state index contributed by atoms with van der Waals surface area (Å²) in [5.74, 6) is 0.404. The Kier molecular flexibility index (Phi) is 3.40. The fourth-order valence-electron chi connectivity index (χ4n) is 1.53. The summed E-state index contributed by atoms with van der Waals surface area (Å²) in [7, 11) is 0. The maximum Gasteiger partial charge on any atom is 0.203 e. The number of hydrogen-bond acceptors (Lipinski definition) is 3. The number of alkyl halides is 1. The molecule has 1 aromatic carbocycles. The van der Waals surface area contributed by atoms with E-state index >= 15 is 0 Å². The molecular formula is C13H9ClO3. The minimum absolute atomic E-state index is 0.0240. The number of halogens is 1. The van der Waals surface area contributed by atoms with Gasteiger partial charge in [-0.2, -0.15) is 0 Å². The van der Waals surface area contributed by atoms with Crippen molar-refractivity contribution in [1.29, 1.82) is 0 Å². The number of benzene rings is 1. The number of aldehydes is 1. The molecule has 2 aromatic rings. The summed E-state index contributed by atoms with van der Waals surface area (Å²) in [5.41, 5.74) is 1.01. The third-order valence-electron chi connectivity index (χ3n) is 2.35. The van der Waals surface area contributed by atoms with Crippen LogP contribution in [0, 0.1) is 0 Å². The Labute approximate surface area is 102 Å². The highest BCUT2D eigenvalue weighted by Gasteiger charge is 2.05. The molecule has 0 N–H and O–H groups in total. The second-order valence-corrected chi connectivity index (χ2v) is 3.76. The van der Waals surface area contributed by atoms with Crippen molar-refractivity contribution >= 4 is 34.9 Å². The Balaban J connectivity index is 2.66. The maximum absolute atomic E-state index is 11.8. The van der Waals surface area contributed by atoms with Crippen molar-refractivity contribution in [1.82, 2.24) is 0 Å². The molecule has 0 saturated carbocycles. The van der Waals surface area contributed by atoms with Gasteiger partial charge in [-0.15, -0.1) is 11.6 Å². The van der Waals surface area contributed by atoms with Crippen molar-refractivity contribution in [3.05, 3.63) is 51.9 Å². The van der Waals surface area contributed by atoms with Gasteiger partial charge in [-0.05, 0) is 17.7 Å². The van der Waals surface area contributed by atoms with Crippen molar-refractivity contribution in [2.24, 2.45) is 0 Å². The van der Waals surface area contributed by atoms with E-state index in [2.05, 4.69) is 0 Å². The van der Waals surface area contributed by atoms with Crippen LogP contribution in [0.3, 0.4) is 0 Å². The summed E-state index contributed by atoms with van der Waals surface area (Å²) in [6, 6.07) is 5.19. The monoisotopic (exact) mass is 248 g/mol. The molecule has 0 unspecified atom stereocenters. The van der Waals surface area contributed by atoms with Crippen LogP contribution in [-0.4, -0.2) is 12.2 Å². The van der Waals surface area contributed by atoms with Crippen molar-refractivity contribution in [3.63, 3.8) is 0 Å². The average molecular weight is 249 g/mol. The van der Waals surface area contributed by atoms with E-state index in [1.807, 2.05) is 6.07 Å². The van der Waals surface area contributed by atoms with Gasteiger partial charge < -0.3 is 4.42 Å². The highest BCUT2D eigenvalue weighted by Crippen LogP contribution is 2.14. The van der Waals surface area contributed by atoms with E-state index in [-0.39, 0.29) is 11.0 Å². The van der Waals surface area contributed by atoms with Crippen LogP contribution >= 0.6 is 11.6 Å². The van der Waals surface area contributed by atoms with Gasteiger partial charge in [0.05, 0.1) is 10.9 Å². The maximum atomic E-state index is 11.8. The van der Waals surface area contributed by atoms with Gasteiger partial charge in [-0.3, -0.25) is 9.59 Å². The van der Waals surface area contributed by atoms with Crippen LogP contribution in [0.15, 0.2) is 39.7 Å².